The van der Waals surface area contributed by atoms with Crippen molar-refractivity contribution in [1.29, 1.82) is 0 Å². The van der Waals surface area contributed by atoms with Crippen LogP contribution in [0.4, 0.5) is 0 Å². The molecule has 88 valence electrons. The van der Waals surface area contributed by atoms with E-state index >= 15 is 0 Å². The van der Waals surface area contributed by atoms with Crippen molar-refractivity contribution in [2.75, 3.05) is 21.3 Å². The molecule has 0 saturated carbocycles. The van der Waals surface area contributed by atoms with Crippen LogP contribution in [0.3, 0.4) is 0 Å². The van der Waals surface area contributed by atoms with Gasteiger partial charge in [-0.2, -0.15) is 0 Å². The molecule has 0 aliphatic heterocycles. The predicted molar refractivity (Wildman–Crippen MR) is 58.4 cm³/mol. The van der Waals surface area contributed by atoms with Crippen molar-refractivity contribution in [3.05, 3.63) is 12.7 Å². The lowest BCUT2D eigenvalue weighted by Gasteiger charge is -2.29. The van der Waals surface area contributed by atoms with Gasteiger partial charge in [-0.3, -0.25) is 0 Å². The van der Waals surface area contributed by atoms with E-state index in [1.807, 2.05) is 0 Å². The summed E-state index contributed by atoms with van der Waals surface area (Å²) in [6.45, 7) is 3.30. The van der Waals surface area contributed by atoms with Crippen molar-refractivity contribution in [2.45, 2.75) is 18.1 Å². The van der Waals surface area contributed by atoms with Gasteiger partial charge in [-0.05, 0) is 0 Å². The van der Waals surface area contributed by atoms with Crippen molar-refractivity contribution >= 4 is 16.2 Å². The minimum absolute atomic E-state index is 0.336. The summed E-state index contributed by atoms with van der Waals surface area (Å²) in [7, 11) is 5.17. The third kappa shape index (κ3) is 5.08. The molecule has 0 aromatic rings. The predicted octanol–water partition coefficient (Wildman–Crippen LogP) is -0.610. The van der Waals surface area contributed by atoms with E-state index in [2.05, 4.69) is 6.58 Å². The fraction of sp³-hybridized carbons (Fsp3) is 0.667. The average Bonchev–Trinajstić information content (AvgIpc) is 2.27. The van der Waals surface area contributed by atoms with Crippen molar-refractivity contribution in [3.8, 4) is 0 Å². The number of rotatable bonds is 7. The molecule has 0 fully saturated rings. The number of carbonyl (C=O) groups excluding carboxylic acids is 1. The second kappa shape index (κ2) is 6.73. The number of hydrogen-bond acceptors (Lipinski definition) is 5. The van der Waals surface area contributed by atoms with Crippen LogP contribution in [-0.4, -0.2) is 49.2 Å². The average molecular weight is 234 g/mol. The summed E-state index contributed by atoms with van der Waals surface area (Å²) >= 11 is 0. The lowest BCUT2D eigenvalue weighted by atomic mass is 10.4. The van der Waals surface area contributed by atoms with Gasteiger partial charge in [-0.15, -0.1) is 0 Å². The number of carbonyl (C=O) groups is 1. The van der Waals surface area contributed by atoms with Gasteiger partial charge in [0.2, 0.25) is 6.29 Å². The molecule has 1 unspecified atom stereocenters. The summed E-state index contributed by atoms with van der Waals surface area (Å²) < 4.78 is 20.3. The molecule has 1 atom stereocenters. The molecule has 0 aliphatic carbocycles. The van der Waals surface area contributed by atoms with Gasteiger partial charge in [-0.25, -0.2) is 4.79 Å². The minimum atomic E-state index is -0.706. The van der Waals surface area contributed by atoms with E-state index in [1.54, 1.807) is 14.2 Å². The molecule has 0 aromatic heterocycles. The third-order valence-electron chi connectivity index (χ3n) is 2.08. The highest BCUT2D eigenvalue weighted by molar-refractivity contribution is 6.13. The summed E-state index contributed by atoms with van der Waals surface area (Å²) in [6, 6.07) is 0. The molecule has 0 amide bonds. The Kier molecular flexibility index (Phi) is 6.42. The van der Waals surface area contributed by atoms with E-state index < -0.39 is 17.7 Å². The first-order valence-electron chi connectivity index (χ1n) is 4.47. The molecule has 0 aliphatic rings. The maximum Gasteiger partial charge on any atom is 0.332 e. The normalized spacial score (nSPS) is 13.5. The summed E-state index contributed by atoms with van der Waals surface area (Å²) in [6.07, 6.45) is 0.732. The molecule has 0 aromatic carbocycles. The smallest absolute Gasteiger partial charge is 0.332 e. The Bertz CT molecular complexity index is 215. The lowest BCUT2D eigenvalue weighted by Crippen LogP contribution is -2.40. The van der Waals surface area contributed by atoms with Gasteiger partial charge < -0.3 is 18.9 Å². The zero-order valence-electron chi connectivity index (χ0n) is 9.61. The Morgan fingerprint density at radius 3 is 2.33 bits per heavy atom. The molecule has 6 heteroatoms. The summed E-state index contributed by atoms with van der Waals surface area (Å²) in [5.74, 6) is -0.530. The first-order chi connectivity index (χ1) is 7.01. The van der Waals surface area contributed by atoms with E-state index in [1.165, 1.54) is 7.11 Å². The van der Waals surface area contributed by atoms with Crippen LogP contribution in [0.15, 0.2) is 12.7 Å². The maximum atomic E-state index is 11.0. The second-order valence-electron chi connectivity index (χ2n) is 3.05. The van der Waals surface area contributed by atoms with Gasteiger partial charge in [0.25, 0.3) is 0 Å². The monoisotopic (exact) mass is 234 g/mol. The van der Waals surface area contributed by atoms with Crippen LogP contribution in [0, 0.1) is 0 Å². The van der Waals surface area contributed by atoms with Crippen molar-refractivity contribution in [1.82, 2.24) is 0 Å². The fourth-order valence-electron chi connectivity index (χ4n) is 0.904. The van der Waals surface area contributed by atoms with Crippen LogP contribution in [0.1, 0.15) is 6.42 Å². The number of hydrogen-bond donors (Lipinski definition) is 0. The first kappa shape index (κ1) is 14.3. The molecule has 0 heterocycles. The Morgan fingerprint density at radius 1 is 1.47 bits per heavy atom. The molecular formula is C9H18O5Si. The van der Waals surface area contributed by atoms with E-state index in [0.717, 1.165) is 6.08 Å². The Hall–Kier alpha value is -0.693. The number of methoxy groups -OCH3 is 3. The molecular weight excluding hydrogens is 216 g/mol. The van der Waals surface area contributed by atoms with Gasteiger partial charge in [0, 0.05) is 27.4 Å². The van der Waals surface area contributed by atoms with Crippen molar-refractivity contribution in [2.24, 2.45) is 0 Å². The van der Waals surface area contributed by atoms with Gasteiger partial charge in [-0.1, -0.05) is 6.58 Å². The molecule has 0 spiro atoms. The summed E-state index contributed by atoms with van der Waals surface area (Å²) in [4.78, 5) is 11.0. The molecule has 15 heavy (non-hydrogen) atoms. The fourth-order valence-corrected chi connectivity index (χ4v) is 1.24. The van der Waals surface area contributed by atoms with Crippen LogP contribution >= 0.6 is 0 Å². The number of ether oxygens (including phenoxy) is 4. The van der Waals surface area contributed by atoms with E-state index in [-0.39, 0.29) is 0 Å². The van der Waals surface area contributed by atoms with Crippen LogP contribution in [-0.2, 0) is 23.7 Å². The molecule has 5 nitrogen and oxygen atoms in total. The topological polar surface area (TPSA) is 54.0 Å². The van der Waals surface area contributed by atoms with Crippen LogP contribution in [0.5, 0.6) is 0 Å². The molecule has 0 rings (SSSR count). The summed E-state index contributed by atoms with van der Waals surface area (Å²) in [5, 5.41) is 0. The Labute approximate surface area is 92.8 Å². The molecule has 0 N–H and O–H groups in total. The standard InChI is InChI=1S/C9H18O5Si/c1-5-7(10)14-8(11-2)6-9(15,12-3)13-4/h5,8H,1,6H2,2-4,15H3. The zero-order valence-corrected chi connectivity index (χ0v) is 11.6. The van der Waals surface area contributed by atoms with Gasteiger partial charge >= 0.3 is 5.97 Å². The lowest BCUT2D eigenvalue weighted by molar-refractivity contribution is -0.209. The third-order valence-corrected chi connectivity index (χ3v) is 3.30. The molecule has 0 bridgehead atoms. The summed E-state index contributed by atoms with van der Waals surface area (Å²) in [5.41, 5.74) is -0.706. The quantitative estimate of drug-likeness (QED) is 0.255. The second-order valence-corrected chi connectivity index (χ2v) is 4.58. The van der Waals surface area contributed by atoms with Crippen LogP contribution < -0.4 is 0 Å². The first-order valence-corrected chi connectivity index (χ1v) is 5.47. The SMILES string of the molecule is C=CC(=O)OC(CC([SiH3])(OC)OC)OC. The highest BCUT2D eigenvalue weighted by Gasteiger charge is 2.29. The van der Waals surface area contributed by atoms with E-state index in [0.29, 0.717) is 16.7 Å². The largest absolute Gasteiger partial charge is 0.432 e. The van der Waals surface area contributed by atoms with Crippen molar-refractivity contribution < 1.29 is 23.7 Å². The number of esters is 1. The van der Waals surface area contributed by atoms with Crippen LogP contribution in [0.2, 0.25) is 0 Å². The zero-order chi connectivity index (χ0) is 11.9. The highest BCUT2D eigenvalue weighted by Crippen LogP contribution is 2.16. The van der Waals surface area contributed by atoms with E-state index in [4.69, 9.17) is 18.9 Å². The maximum absolute atomic E-state index is 11.0. The van der Waals surface area contributed by atoms with Gasteiger partial charge in [0.05, 0.1) is 16.7 Å². The Balaban J connectivity index is 4.30. The van der Waals surface area contributed by atoms with Gasteiger partial charge in [0.1, 0.15) is 5.41 Å². The highest BCUT2D eigenvalue weighted by atomic mass is 28.1. The van der Waals surface area contributed by atoms with Crippen molar-refractivity contribution in [3.63, 3.8) is 0 Å². The molecule has 0 saturated heterocycles. The molecule has 0 radical (unpaired) electrons. The van der Waals surface area contributed by atoms with Gasteiger partial charge in [0.15, 0.2) is 0 Å². The van der Waals surface area contributed by atoms with Crippen LogP contribution in [0.25, 0.3) is 0 Å². The minimum Gasteiger partial charge on any atom is -0.432 e. The van der Waals surface area contributed by atoms with E-state index in [9.17, 15) is 4.79 Å². The Morgan fingerprint density at radius 2 is 2.00 bits per heavy atom.